The van der Waals surface area contributed by atoms with Gasteiger partial charge in [0, 0.05) is 7.05 Å². The molecule has 0 aliphatic heterocycles. The number of para-hydroxylation sites is 2. The van der Waals surface area contributed by atoms with E-state index in [0.717, 1.165) is 11.8 Å². The molecule has 1 heterocycles. The van der Waals surface area contributed by atoms with Crippen LogP contribution in [-0.2, 0) is 11.8 Å². The first kappa shape index (κ1) is 9.45. The van der Waals surface area contributed by atoms with Crippen molar-refractivity contribution in [1.29, 1.82) is 0 Å². The predicted molar refractivity (Wildman–Crippen MR) is 52.5 cm³/mol. The van der Waals surface area contributed by atoms with Gasteiger partial charge in [0.05, 0.1) is 17.4 Å². The van der Waals surface area contributed by atoms with Crippen LogP contribution in [0.1, 0.15) is 6.92 Å². The maximum Gasteiger partial charge on any atom is 0.116 e. The van der Waals surface area contributed by atoms with Crippen LogP contribution in [-0.4, -0.2) is 15.8 Å². The number of benzene rings is 1. The number of nitrogens with zero attached hydrogens (tertiary/aromatic N) is 2. The fourth-order valence-corrected chi connectivity index (χ4v) is 1.08. The van der Waals surface area contributed by atoms with Crippen LogP contribution >= 0.6 is 0 Å². The summed E-state index contributed by atoms with van der Waals surface area (Å²) in [4.78, 5) is 13.0. The van der Waals surface area contributed by atoms with E-state index in [1.807, 2.05) is 36.1 Å². The van der Waals surface area contributed by atoms with Gasteiger partial charge in [-0.25, -0.2) is 4.98 Å². The van der Waals surface area contributed by atoms with Gasteiger partial charge in [-0.05, 0) is 19.1 Å². The van der Waals surface area contributed by atoms with Gasteiger partial charge < -0.3 is 9.36 Å². The highest BCUT2D eigenvalue weighted by molar-refractivity contribution is 5.74. The summed E-state index contributed by atoms with van der Waals surface area (Å²) in [5, 5.41) is 0. The first-order valence-corrected chi connectivity index (χ1v) is 4.05. The number of aromatic nitrogens is 2. The zero-order chi connectivity index (χ0) is 9.68. The van der Waals surface area contributed by atoms with Crippen LogP contribution < -0.4 is 0 Å². The molecule has 0 radical (unpaired) electrons. The molecule has 0 fully saturated rings. The van der Waals surface area contributed by atoms with Crippen molar-refractivity contribution < 1.29 is 4.79 Å². The van der Waals surface area contributed by atoms with Crippen LogP contribution in [0.2, 0.25) is 0 Å². The van der Waals surface area contributed by atoms with E-state index in [1.165, 1.54) is 12.4 Å². The van der Waals surface area contributed by atoms with Gasteiger partial charge in [-0.3, -0.25) is 0 Å². The van der Waals surface area contributed by atoms with E-state index < -0.39 is 0 Å². The number of carbonyl (C=O) groups is 1. The lowest BCUT2D eigenvalue weighted by Gasteiger charge is -1.90. The van der Waals surface area contributed by atoms with E-state index in [0.29, 0.717) is 0 Å². The second-order valence-electron chi connectivity index (χ2n) is 2.58. The third-order valence-electron chi connectivity index (χ3n) is 1.63. The monoisotopic (exact) mass is 176 g/mol. The molecule has 68 valence electrons. The minimum absolute atomic E-state index is 0.750. The van der Waals surface area contributed by atoms with Gasteiger partial charge in [-0.2, -0.15) is 0 Å². The molecule has 0 bridgehead atoms. The molecule has 0 spiro atoms. The Morgan fingerprint density at radius 2 is 2.00 bits per heavy atom. The largest absolute Gasteiger partial charge is 0.334 e. The first-order valence-electron chi connectivity index (χ1n) is 4.05. The number of imidazole rings is 1. The Bertz CT molecular complexity index is 392. The number of fused-ring (bicyclic) bond motifs is 1. The summed E-state index contributed by atoms with van der Waals surface area (Å²) in [6, 6.07) is 8.08. The predicted octanol–water partition coefficient (Wildman–Crippen LogP) is 1.78. The highest BCUT2D eigenvalue weighted by atomic mass is 16.1. The van der Waals surface area contributed by atoms with Crippen molar-refractivity contribution in [2.75, 3.05) is 0 Å². The molecule has 1 aromatic heterocycles. The zero-order valence-corrected chi connectivity index (χ0v) is 7.77. The molecule has 2 aromatic rings. The zero-order valence-electron chi connectivity index (χ0n) is 7.77. The van der Waals surface area contributed by atoms with E-state index in [9.17, 15) is 0 Å². The fourth-order valence-electron chi connectivity index (χ4n) is 1.08. The maximum atomic E-state index is 8.81. The van der Waals surface area contributed by atoms with Crippen molar-refractivity contribution in [2.24, 2.45) is 7.05 Å². The van der Waals surface area contributed by atoms with Crippen molar-refractivity contribution in [2.45, 2.75) is 6.92 Å². The van der Waals surface area contributed by atoms with Crippen molar-refractivity contribution in [3.8, 4) is 0 Å². The summed E-state index contributed by atoms with van der Waals surface area (Å²) in [7, 11) is 2.00. The summed E-state index contributed by atoms with van der Waals surface area (Å²) < 4.78 is 2.01. The van der Waals surface area contributed by atoms with Crippen LogP contribution in [0, 0.1) is 0 Å². The van der Waals surface area contributed by atoms with Gasteiger partial charge in [0.1, 0.15) is 6.29 Å². The number of hydrogen-bond donors (Lipinski definition) is 0. The molecule has 0 atom stereocenters. The summed E-state index contributed by atoms with van der Waals surface area (Å²) in [6.07, 6.45) is 2.57. The Kier molecular flexibility index (Phi) is 3.20. The first-order chi connectivity index (χ1) is 6.29. The normalized spacial score (nSPS) is 9.08. The van der Waals surface area contributed by atoms with Crippen LogP contribution in [0.4, 0.5) is 0 Å². The fraction of sp³-hybridized carbons (Fsp3) is 0.200. The molecule has 2 rings (SSSR count). The van der Waals surface area contributed by atoms with Crippen molar-refractivity contribution in [3.63, 3.8) is 0 Å². The molecule has 0 amide bonds. The Hall–Kier alpha value is -1.64. The van der Waals surface area contributed by atoms with E-state index in [4.69, 9.17) is 4.79 Å². The van der Waals surface area contributed by atoms with E-state index >= 15 is 0 Å². The topological polar surface area (TPSA) is 34.9 Å². The average Bonchev–Trinajstić information content (AvgIpc) is 2.50. The van der Waals surface area contributed by atoms with E-state index in [1.54, 1.807) is 0 Å². The number of rotatable bonds is 0. The highest BCUT2D eigenvalue weighted by Gasteiger charge is 1.93. The lowest BCUT2D eigenvalue weighted by atomic mass is 10.3. The SMILES string of the molecule is CC=O.Cn1cnc2ccccc21. The molecule has 1 aromatic carbocycles. The molecule has 0 aliphatic carbocycles. The smallest absolute Gasteiger partial charge is 0.116 e. The van der Waals surface area contributed by atoms with Crippen molar-refractivity contribution in [3.05, 3.63) is 30.6 Å². The second kappa shape index (κ2) is 4.40. The Morgan fingerprint density at radius 3 is 2.62 bits per heavy atom. The number of hydrogen-bond acceptors (Lipinski definition) is 2. The Balaban J connectivity index is 0.000000251. The molecule has 0 N–H and O–H groups in total. The average molecular weight is 176 g/mol. The molecule has 3 nitrogen and oxygen atoms in total. The van der Waals surface area contributed by atoms with Gasteiger partial charge in [0.25, 0.3) is 0 Å². The van der Waals surface area contributed by atoms with Crippen LogP contribution in [0.5, 0.6) is 0 Å². The summed E-state index contributed by atoms with van der Waals surface area (Å²) in [5.74, 6) is 0. The number of aldehydes is 1. The molecule has 0 saturated carbocycles. The number of aryl methyl sites for hydroxylation is 1. The minimum Gasteiger partial charge on any atom is -0.334 e. The molecule has 3 heteroatoms. The highest BCUT2D eigenvalue weighted by Crippen LogP contribution is 2.08. The van der Waals surface area contributed by atoms with Gasteiger partial charge in [0.2, 0.25) is 0 Å². The van der Waals surface area contributed by atoms with Crippen molar-refractivity contribution in [1.82, 2.24) is 9.55 Å². The quantitative estimate of drug-likeness (QED) is 0.573. The lowest BCUT2D eigenvalue weighted by Crippen LogP contribution is -1.81. The third kappa shape index (κ3) is 2.15. The minimum atomic E-state index is 0.750. The summed E-state index contributed by atoms with van der Waals surface area (Å²) in [6.45, 7) is 1.44. The van der Waals surface area contributed by atoms with Crippen LogP contribution in [0.15, 0.2) is 30.6 Å². The Morgan fingerprint density at radius 1 is 1.38 bits per heavy atom. The molecule has 0 saturated heterocycles. The van der Waals surface area contributed by atoms with Gasteiger partial charge >= 0.3 is 0 Å². The third-order valence-corrected chi connectivity index (χ3v) is 1.63. The van der Waals surface area contributed by atoms with Crippen molar-refractivity contribution >= 4 is 17.3 Å². The molecule has 0 aliphatic rings. The number of carbonyl (C=O) groups excluding carboxylic acids is 1. The standard InChI is InChI=1S/C8H8N2.C2H4O/c1-10-6-9-7-4-2-3-5-8(7)10;1-2-3/h2-6H,1H3;2H,1H3. The van der Waals surface area contributed by atoms with Gasteiger partial charge in [0.15, 0.2) is 0 Å². The van der Waals surface area contributed by atoms with Crippen LogP contribution in [0.25, 0.3) is 11.0 Å². The molecule has 0 unspecified atom stereocenters. The maximum absolute atomic E-state index is 8.81. The molecule has 13 heavy (non-hydrogen) atoms. The van der Waals surface area contributed by atoms with Gasteiger partial charge in [-0.15, -0.1) is 0 Å². The molecular weight excluding hydrogens is 164 g/mol. The summed E-state index contributed by atoms with van der Waals surface area (Å²) in [5.41, 5.74) is 2.24. The van der Waals surface area contributed by atoms with Gasteiger partial charge in [-0.1, -0.05) is 12.1 Å². The second-order valence-corrected chi connectivity index (χ2v) is 2.58. The van der Waals surface area contributed by atoms with E-state index in [2.05, 4.69) is 11.1 Å². The van der Waals surface area contributed by atoms with E-state index in [-0.39, 0.29) is 0 Å². The summed E-state index contributed by atoms with van der Waals surface area (Å²) >= 11 is 0. The lowest BCUT2D eigenvalue weighted by molar-refractivity contribution is -0.106. The molecular formula is C10H12N2O. The Labute approximate surface area is 77.0 Å². The van der Waals surface area contributed by atoms with Crippen LogP contribution in [0.3, 0.4) is 0 Å².